The number of esters is 1. The number of anilines is 2. The van der Waals surface area contributed by atoms with E-state index in [2.05, 4.69) is 5.32 Å². The van der Waals surface area contributed by atoms with Crippen LogP contribution in [-0.4, -0.2) is 18.5 Å². The molecule has 0 aliphatic carbocycles. The van der Waals surface area contributed by atoms with Crippen molar-refractivity contribution >= 4 is 23.3 Å². The van der Waals surface area contributed by atoms with Crippen molar-refractivity contribution in [3.05, 3.63) is 83.9 Å². The van der Waals surface area contributed by atoms with E-state index in [0.29, 0.717) is 11.8 Å². The number of rotatable bonds is 5. The van der Waals surface area contributed by atoms with Gasteiger partial charge in [0.05, 0.1) is 11.1 Å². The van der Waals surface area contributed by atoms with Gasteiger partial charge in [-0.05, 0) is 29.8 Å². The highest BCUT2D eigenvalue weighted by atomic mass is 19.4. The molecule has 0 unspecified atom stereocenters. The summed E-state index contributed by atoms with van der Waals surface area (Å²) in [5.74, 6) is -1.59. The van der Waals surface area contributed by atoms with Crippen LogP contribution in [0.1, 0.15) is 15.9 Å². The number of nitrogens with two attached hydrogens (primary N) is 1. The summed E-state index contributed by atoms with van der Waals surface area (Å²) >= 11 is 0. The predicted octanol–water partition coefficient (Wildman–Crippen LogP) is 4.75. The van der Waals surface area contributed by atoms with Crippen LogP contribution in [0.25, 0.3) is 11.1 Å². The maximum absolute atomic E-state index is 12.7. The molecule has 154 valence electrons. The van der Waals surface area contributed by atoms with E-state index in [0.717, 1.165) is 23.3 Å². The number of hydrogen-bond donors (Lipinski definition) is 2. The van der Waals surface area contributed by atoms with Gasteiger partial charge < -0.3 is 15.8 Å². The Morgan fingerprint density at radius 2 is 1.60 bits per heavy atom. The highest BCUT2D eigenvalue weighted by Crippen LogP contribution is 2.31. The zero-order chi connectivity index (χ0) is 21.7. The van der Waals surface area contributed by atoms with Gasteiger partial charge in [-0.1, -0.05) is 48.5 Å². The Morgan fingerprint density at radius 1 is 0.933 bits per heavy atom. The number of amides is 1. The number of ether oxygens (including phenoxy) is 1. The van der Waals surface area contributed by atoms with Crippen LogP contribution in [-0.2, 0) is 15.7 Å². The number of para-hydroxylation sites is 1. The molecule has 30 heavy (non-hydrogen) atoms. The number of alkyl halides is 3. The lowest BCUT2D eigenvalue weighted by atomic mass is 10.0. The standard InChI is InChI=1S/C22H17F3N2O3/c23-22(24,25)15-10-11-17(18(26)12-15)21(29)30-13-20(28)27-19-9-5-4-8-16(19)14-6-2-1-3-7-14/h1-12H,13,26H2,(H,27,28). The fourth-order valence-corrected chi connectivity index (χ4v) is 2.78. The second kappa shape index (κ2) is 8.69. The maximum atomic E-state index is 12.7. The lowest BCUT2D eigenvalue weighted by Crippen LogP contribution is -2.21. The third kappa shape index (κ3) is 4.96. The summed E-state index contributed by atoms with van der Waals surface area (Å²) in [5, 5.41) is 2.66. The molecule has 0 aromatic heterocycles. The van der Waals surface area contributed by atoms with Gasteiger partial charge in [-0.2, -0.15) is 13.2 Å². The summed E-state index contributed by atoms with van der Waals surface area (Å²) in [4.78, 5) is 24.3. The summed E-state index contributed by atoms with van der Waals surface area (Å²) in [6, 6.07) is 18.8. The maximum Gasteiger partial charge on any atom is 0.416 e. The molecule has 0 radical (unpaired) electrons. The van der Waals surface area contributed by atoms with E-state index in [1.54, 1.807) is 12.1 Å². The Kier molecular flexibility index (Phi) is 6.06. The molecule has 3 rings (SSSR count). The number of carbonyl (C=O) groups excluding carboxylic acids is 2. The van der Waals surface area contributed by atoms with E-state index < -0.39 is 30.2 Å². The fraction of sp³-hybridized carbons (Fsp3) is 0.0909. The first kappa shape index (κ1) is 20.9. The van der Waals surface area contributed by atoms with Crippen LogP contribution in [0, 0.1) is 0 Å². The van der Waals surface area contributed by atoms with Crippen molar-refractivity contribution in [3.8, 4) is 11.1 Å². The Labute approximate surface area is 170 Å². The Balaban J connectivity index is 1.65. The van der Waals surface area contributed by atoms with Gasteiger partial charge in [0.2, 0.25) is 0 Å². The molecule has 0 saturated heterocycles. The molecule has 0 spiro atoms. The normalized spacial score (nSPS) is 11.0. The number of halogens is 3. The van der Waals surface area contributed by atoms with Crippen molar-refractivity contribution in [3.63, 3.8) is 0 Å². The van der Waals surface area contributed by atoms with Crippen molar-refractivity contribution in [1.82, 2.24) is 0 Å². The smallest absolute Gasteiger partial charge is 0.416 e. The Morgan fingerprint density at radius 3 is 2.27 bits per heavy atom. The molecule has 3 N–H and O–H groups in total. The fourth-order valence-electron chi connectivity index (χ4n) is 2.78. The molecule has 3 aromatic carbocycles. The number of benzene rings is 3. The molecule has 0 fully saturated rings. The van der Waals surface area contributed by atoms with Crippen LogP contribution < -0.4 is 11.1 Å². The van der Waals surface area contributed by atoms with Crippen molar-refractivity contribution in [1.29, 1.82) is 0 Å². The lowest BCUT2D eigenvalue weighted by Gasteiger charge is -2.12. The topological polar surface area (TPSA) is 81.4 Å². The Bertz CT molecular complexity index is 1070. The van der Waals surface area contributed by atoms with Gasteiger partial charge in [0.1, 0.15) is 0 Å². The van der Waals surface area contributed by atoms with E-state index in [4.69, 9.17) is 10.5 Å². The van der Waals surface area contributed by atoms with E-state index in [1.165, 1.54) is 0 Å². The molecule has 0 atom stereocenters. The summed E-state index contributed by atoms with van der Waals surface area (Å²) in [6.07, 6.45) is -4.58. The third-order valence-electron chi connectivity index (χ3n) is 4.22. The van der Waals surface area contributed by atoms with Gasteiger partial charge in [-0.25, -0.2) is 4.79 Å². The zero-order valence-electron chi connectivity index (χ0n) is 15.6. The second-order valence-corrected chi connectivity index (χ2v) is 6.34. The van der Waals surface area contributed by atoms with Gasteiger partial charge >= 0.3 is 12.1 Å². The molecule has 0 heterocycles. The van der Waals surface area contributed by atoms with Crippen molar-refractivity contribution in [2.75, 3.05) is 17.7 Å². The number of carbonyl (C=O) groups is 2. The van der Waals surface area contributed by atoms with E-state index in [1.807, 2.05) is 42.5 Å². The molecular weight excluding hydrogens is 397 g/mol. The largest absolute Gasteiger partial charge is 0.452 e. The van der Waals surface area contributed by atoms with Crippen molar-refractivity contribution in [2.24, 2.45) is 0 Å². The van der Waals surface area contributed by atoms with Crippen LogP contribution in [0.4, 0.5) is 24.5 Å². The SMILES string of the molecule is Nc1cc(C(F)(F)F)ccc1C(=O)OCC(=O)Nc1ccccc1-c1ccccc1. The second-order valence-electron chi connectivity index (χ2n) is 6.34. The molecule has 0 aliphatic rings. The molecule has 0 saturated carbocycles. The molecule has 1 amide bonds. The van der Waals surface area contributed by atoms with Gasteiger partial charge in [0.25, 0.3) is 5.91 Å². The highest BCUT2D eigenvalue weighted by Gasteiger charge is 2.31. The van der Waals surface area contributed by atoms with Crippen LogP contribution in [0.15, 0.2) is 72.8 Å². The average molecular weight is 414 g/mol. The highest BCUT2D eigenvalue weighted by molar-refractivity contribution is 5.99. The van der Waals surface area contributed by atoms with Gasteiger partial charge in [-0.15, -0.1) is 0 Å². The minimum atomic E-state index is -4.58. The van der Waals surface area contributed by atoms with Crippen LogP contribution >= 0.6 is 0 Å². The number of nitrogen functional groups attached to an aromatic ring is 1. The first-order valence-corrected chi connectivity index (χ1v) is 8.84. The zero-order valence-corrected chi connectivity index (χ0v) is 15.6. The minimum absolute atomic E-state index is 0.250. The molecule has 3 aromatic rings. The molecule has 0 bridgehead atoms. The quantitative estimate of drug-likeness (QED) is 0.466. The number of hydrogen-bond acceptors (Lipinski definition) is 4. The third-order valence-corrected chi connectivity index (χ3v) is 4.22. The molecule has 0 aliphatic heterocycles. The minimum Gasteiger partial charge on any atom is -0.452 e. The van der Waals surface area contributed by atoms with Gasteiger partial charge in [-0.3, -0.25) is 4.79 Å². The van der Waals surface area contributed by atoms with Gasteiger partial charge in [0.15, 0.2) is 6.61 Å². The van der Waals surface area contributed by atoms with E-state index in [9.17, 15) is 22.8 Å². The van der Waals surface area contributed by atoms with Crippen LogP contribution in [0.3, 0.4) is 0 Å². The monoisotopic (exact) mass is 414 g/mol. The molecular formula is C22H17F3N2O3. The molecule has 8 heteroatoms. The Hall–Kier alpha value is -3.81. The van der Waals surface area contributed by atoms with Gasteiger partial charge in [0, 0.05) is 16.9 Å². The number of nitrogens with one attached hydrogen (secondary N) is 1. The van der Waals surface area contributed by atoms with E-state index >= 15 is 0 Å². The van der Waals surface area contributed by atoms with Crippen LogP contribution in [0.5, 0.6) is 0 Å². The van der Waals surface area contributed by atoms with Crippen molar-refractivity contribution in [2.45, 2.75) is 6.18 Å². The lowest BCUT2D eigenvalue weighted by molar-refractivity contribution is -0.137. The summed E-state index contributed by atoms with van der Waals surface area (Å²) in [6.45, 7) is -0.623. The summed E-state index contributed by atoms with van der Waals surface area (Å²) < 4.78 is 43.0. The summed E-state index contributed by atoms with van der Waals surface area (Å²) in [7, 11) is 0. The predicted molar refractivity (Wildman–Crippen MR) is 107 cm³/mol. The average Bonchev–Trinajstić information content (AvgIpc) is 2.72. The molecule has 5 nitrogen and oxygen atoms in total. The van der Waals surface area contributed by atoms with E-state index in [-0.39, 0.29) is 11.3 Å². The first-order valence-electron chi connectivity index (χ1n) is 8.84. The first-order chi connectivity index (χ1) is 14.3. The van der Waals surface area contributed by atoms with Crippen molar-refractivity contribution < 1.29 is 27.5 Å². The van der Waals surface area contributed by atoms with Crippen LogP contribution in [0.2, 0.25) is 0 Å². The summed E-state index contributed by atoms with van der Waals surface area (Å²) in [5.41, 5.74) is 6.12.